The summed E-state index contributed by atoms with van der Waals surface area (Å²) in [5.74, 6) is 0.856. The second-order valence-electron chi connectivity index (χ2n) is 22.4. The van der Waals surface area contributed by atoms with E-state index in [1.54, 1.807) is 7.11 Å². The smallest absolute Gasteiger partial charge is 0.119 e. The standard InChI is InChI=1S/C42H34N2O.C42H34N2/c1-43(38-25-27-42(45-2)28-26-38)37-20-15-33(16-21-37)34-17-22-39(23-18-34)44(41-24-19-32-11-6-7-12-35(32)30-41)40-14-8-13-36(29-40)31-9-4-3-5-10-31;1-31-10-8-16-40(28-31)43(2)38-23-18-34(19-24-38)35-20-25-39(26-21-35)44(42-27-22-33-13-6-7-14-36(33)30-42)41-17-9-15-37(29-41)32-11-4-3-5-12-32/h3-30H,1-2H3;3-30H,1-2H3. The summed E-state index contributed by atoms with van der Waals surface area (Å²) >= 11 is 0. The van der Waals surface area contributed by atoms with Crippen molar-refractivity contribution in [1.82, 2.24) is 0 Å². The molecule has 0 unspecified atom stereocenters. The molecule has 0 heterocycles. The van der Waals surface area contributed by atoms with Crippen LogP contribution in [0.25, 0.3) is 66.1 Å². The van der Waals surface area contributed by atoms with Gasteiger partial charge >= 0.3 is 0 Å². The summed E-state index contributed by atoms with van der Waals surface area (Å²) in [5, 5.41) is 4.91. The molecule has 0 aliphatic heterocycles. The Morgan fingerprint density at radius 3 is 0.921 bits per heavy atom. The normalized spacial score (nSPS) is 10.9. The van der Waals surface area contributed by atoms with Crippen molar-refractivity contribution in [3.63, 3.8) is 0 Å². The molecule has 0 radical (unpaired) electrons. The van der Waals surface area contributed by atoms with Crippen molar-refractivity contribution in [2.24, 2.45) is 0 Å². The number of methoxy groups -OCH3 is 1. The lowest BCUT2D eigenvalue weighted by atomic mass is 10.0. The Bertz CT molecular complexity index is 4660. The second-order valence-corrected chi connectivity index (χ2v) is 22.4. The summed E-state index contributed by atoms with van der Waals surface area (Å²) in [6.07, 6.45) is 0. The highest BCUT2D eigenvalue weighted by Crippen LogP contribution is 2.42. The van der Waals surface area contributed by atoms with Crippen LogP contribution < -0.4 is 24.3 Å². The number of ether oxygens (including phenoxy) is 1. The highest BCUT2D eigenvalue weighted by atomic mass is 16.5. The van der Waals surface area contributed by atoms with E-state index in [-0.39, 0.29) is 0 Å². The number of rotatable bonds is 15. The van der Waals surface area contributed by atoms with Crippen LogP contribution in [-0.2, 0) is 0 Å². The fraction of sp³-hybridized carbons (Fsp3) is 0.0476. The molecule has 5 nitrogen and oxygen atoms in total. The largest absolute Gasteiger partial charge is 0.497 e. The van der Waals surface area contributed by atoms with Gasteiger partial charge in [0.2, 0.25) is 0 Å². The lowest BCUT2D eigenvalue weighted by Crippen LogP contribution is -2.10. The van der Waals surface area contributed by atoms with E-state index < -0.39 is 0 Å². The lowest BCUT2D eigenvalue weighted by molar-refractivity contribution is 0.415. The molecule has 0 aliphatic rings. The van der Waals surface area contributed by atoms with Crippen molar-refractivity contribution in [3.05, 3.63) is 345 Å². The molecule has 89 heavy (non-hydrogen) atoms. The van der Waals surface area contributed by atoms with Crippen LogP contribution in [0.4, 0.5) is 56.9 Å². The van der Waals surface area contributed by atoms with Gasteiger partial charge in [0.05, 0.1) is 7.11 Å². The van der Waals surface area contributed by atoms with Gasteiger partial charge in [-0.25, -0.2) is 0 Å². The Hall–Kier alpha value is -11.4. The summed E-state index contributed by atoms with van der Waals surface area (Å²) in [6.45, 7) is 2.13. The number of hydrogen-bond donors (Lipinski definition) is 0. The van der Waals surface area contributed by atoms with E-state index in [0.717, 1.165) is 56.9 Å². The Labute approximate surface area is 523 Å². The van der Waals surface area contributed by atoms with Gasteiger partial charge in [-0.2, -0.15) is 0 Å². The van der Waals surface area contributed by atoms with Crippen LogP contribution in [0.3, 0.4) is 0 Å². The first-order valence-corrected chi connectivity index (χ1v) is 30.3. The molecule has 0 aromatic heterocycles. The zero-order valence-electron chi connectivity index (χ0n) is 50.5. The van der Waals surface area contributed by atoms with Gasteiger partial charge in [0.1, 0.15) is 5.75 Å². The third-order valence-corrected chi connectivity index (χ3v) is 16.7. The third kappa shape index (κ3) is 12.8. The lowest BCUT2D eigenvalue weighted by Gasteiger charge is -2.26. The van der Waals surface area contributed by atoms with Crippen LogP contribution in [-0.4, -0.2) is 21.2 Å². The van der Waals surface area contributed by atoms with Gasteiger partial charge in [-0.1, -0.05) is 206 Å². The van der Waals surface area contributed by atoms with Crippen molar-refractivity contribution in [3.8, 4) is 50.3 Å². The summed E-state index contributed by atoms with van der Waals surface area (Å²) in [7, 11) is 5.89. The maximum absolute atomic E-state index is 5.31. The van der Waals surface area contributed by atoms with E-state index in [0.29, 0.717) is 0 Å². The first kappa shape index (κ1) is 56.7. The van der Waals surface area contributed by atoms with Crippen molar-refractivity contribution < 1.29 is 4.74 Å². The van der Waals surface area contributed by atoms with E-state index >= 15 is 0 Å². The van der Waals surface area contributed by atoms with Crippen LogP contribution >= 0.6 is 0 Å². The van der Waals surface area contributed by atoms with Crippen LogP contribution in [0.1, 0.15) is 5.56 Å². The first-order valence-electron chi connectivity index (χ1n) is 30.3. The molecule has 0 bridgehead atoms. The number of hydrogen-bond acceptors (Lipinski definition) is 5. The van der Waals surface area contributed by atoms with E-state index in [1.165, 1.54) is 77.3 Å². The van der Waals surface area contributed by atoms with Gasteiger partial charge in [0.25, 0.3) is 0 Å². The van der Waals surface area contributed by atoms with E-state index in [2.05, 4.69) is 368 Å². The fourth-order valence-corrected chi connectivity index (χ4v) is 11.7. The average molecular weight is 1150 g/mol. The predicted octanol–water partition coefficient (Wildman–Crippen LogP) is 23.1. The Balaban J connectivity index is 0.000000164. The summed E-state index contributed by atoms with van der Waals surface area (Å²) < 4.78 is 5.31. The molecule has 0 atom stereocenters. The minimum absolute atomic E-state index is 0.856. The van der Waals surface area contributed by atoms with Crippen LogP contribution in [0, 0.1) is 6.92 Å². The Morgan fingerprint density at radius 2 is 0.517 bits per heavy atom. The molecule has 430 valence electrons. The number of anilines is 10. The van der Waals surface area contributed by atoms with E-state index in [1.807, 2.05) is 12.1 Å². The first-order chi connectivity index (χ1) is 43.8. The van der Waals surface area contributed by atoms with E-state index in [9.17, 15) is 0 Å². The monoisotopic (exact) mass is 1150 g/mol. The molecule has 0 saturated heterocycles. The van der Waals surface area contributed by atoms with Gasteiger partial charge in [-0.3, -0.25) is 0 Å². The molecule has 0 spiro atoms. The third-order valence-electron chi connectivity index (χ3n) is 16.7. The van der Waals surface area contributed by atoms with E-state index in [4.69, 9.17) is 4.74 Å². The molecule has 5 heteroatoms. The molecule has 0 N–H and O–H groups in total. The van der Waals surface area contributed by atoms with Crippen molar-refractivity contribution in [2.45, 2.75) is 6.92 Å². The minimum atomic E-state index is 0.856. The molecule has 0 aliphatic carbocycles. The number of aryl methyl sites for hydroxylation is 1. The molecular formula is C84H68N4O. The highest BCUT2D eigenvalue weighted by molar-refractivity contribution is 5.92. The number of nitrogens with zero attached hydrogens (tertiary/aromatic N) is 4. The molecule has 14 aromatic rings. The highest BCUT2D eigenvalue weighted by Gasteiger charge is 2.18. The molecule has 0 amide bonds. The molecule has 0 saturated carbocycles. The molecule has 14 aromatic carbocycles. The van der Waals surface area contributed by atoms with Gasteiger partial charge in [0.15, 0.2) is 0 Å². The van der Waals surface area contributed by atoms with Gasteiger partial charge in [-0.05, 0) is 212 Å². The van der Waals surface area contributed by atoms with Crippen LogP contribution in [0.15, 0.2) is 340 Å². The molecule has 14 rings (SSSR count). The van der Waals surface area contributed by atoms with Crippen LogP contribution in [0.2, 0.25) is 0 Å². The molecule has 0 fully saturated rings. The quantitative estimate of drug-likeness (QED) is 0.102. The number of benzene rings is 14. The fourth-order valence-electron chi connectivity index (χ4n) is 11.7. The Kier molecular flexibility index (Phi) is 16.6. The maximum Gasteiger partial charge on any atom is 0.119 e. The minimum Gasteiger partial charge on any atom is -0.497 e. The van der Waals surface area contributed by atoms with Crippen molar-refractivity contribution >= 4 is 78.4 Å². The Morgan fingerprint density at radius 1 is 0.213 bits per heavy atom. The predicted molar refractivity (Wildman–Crippen MR) is 379 cm³/mol. The summed E-state index contributed by atoms with van der Waals surface area (Å²) in [4.78, 5) is 9.10. The maximum atomic E-state index is 5.31. The van der Waals surface area contributed by atoms with Crippen molar-refractivity contribution in [2.75, 3.05) is 40.8 Å². The second kappa shape index (κ2) is 26.1. The van der Waals surface area contributed by atoms with Crippen LogP contribution in [0.5, 0.6) is 5.75 Å². The van der Waals surface area contributed by atoms with Crippen molar-refractivity contribution in [1.29, 1.82) is 0 Å². The SMILES string of the molecule is COc1ccc(N(C)c2ccc(-c3ccc(N(c4cccc(-c5ccccc5)c4)c4ccc5ccccc5c4)cc3)cc2)cc1.Cc1cccc(N(C)c2ccc(-c3ccc(N(c4cccc(-c5ccccc5)c4)c4ccc5ccccc5c4)cc3)cc2)c1. The number of fused-ring (bicyclic) bond motifs is 2. The van der Waals surface area contributed by atoms with Gasteiger partial charge in [-0.15, -0.1) is 0 Å². The van der Waals surface area contributed by atoms with Gasteiger partial charge in [0, 0.05) is 71.0 Å². The zero-order valence-corrected chi connectivity index (χ0v) is 50.5. The van der Waals surface area contributed by atoms with Gasteiger partial charge < -0.3 is 24.3 Å². The summed E-state index contributed by atoms with van der Waals surface area (Å²) in [6, 6.07) is 121. The topological polar surface area (TPSA) is 22.2 Å². The summed E-state index contributed by atoms with van der Waals surface area (Å²) in [5.41, 5.74) is 22.1. The zero-order chi connectivity index (χ0) is 60.5. The molecular weight excluding hydrogens is 1080 g/mol. The average Bonchev–Trinajstić information content (AvgIpc) is 1.50.